The van der Waals surface area contributed by atoms with Crippen LogP contribution in [0.1, 0.15) is 17.0 Å². The van der Waals surface area contributed by atoms with E-state index in [2.05, 4.69) is 32.6 Å². The van der Waals surface area contributed by atoms with E-state index in [1.54, 1.807) is 23.0 Å². The zero-order chi connectivity index (χ0) is 23.5. The van der Waals surface area contributed by atoms with Gasteiger partial charge in [-0.1, -0.05) is 36.4 Å². The topological polar surface area (TPSA) is 87.7 Å². The Hall–Kier alpha value is -3.69. The second-order valence-electron chi connectivity index (χ2n) is 7.84. The number of nitrogens with zero attached hydrogens (tertiary/aromatic N) is 2. The van der Waals surface area contributed by atoms with Gasteiger partial charge in [0.15, 0.2) is 10.6 Å². The summed E-state index contributed by atoms with van der Waals surface area (Å²) in [6.45, 7) is 0.526. The van der Waals surface area contributed by atoms with Crippen molar-refractivity contribution < 1.29 is 9.53 Å². The first-order valence-corrected chi connectivity index (χ1v) is 12.1. The van der Waals surface area contributed by atoms with Gasteiger partial charge >= 0.3 is 0 Å². The van der Waals surface area contributed by atoms with Gasteiger partial charge in [0.25, 0.3) is 0 Å². The molecule has 5 rings (SSSR count). The quantitative estimate of drug-likeness (QED) is 0.264. The molecule has 0 aliphatic carbocycles. The lowest BCUT2D eigenvalue weighted by atomic mass is 9.91. The number of hydrogen-bond acceptors (Lipinski definition) is 5. The van der Waals surface area contributed by atoms with Crippen molar-refractivity contribution in [2.24, 2.45) is 0 Å². The first-order valence-electron chi connectivity index (χ1n) is 10.8. The molecule has 0 unspecified atom stereocenters. The molecule has 5 aromatic rings. The molecule has 2 aromatic carbocycles. The lowest BCUT2D eigenvalue weighted by Crippen LogP contribution is -2.32. The molecule has 3 aromatic heterocycles. The van der Waals surface area contributed by atoms with Gasteiger partial charge < -0.3 is 15.0 Å². The number of carbonyl (C=O) groups is 1. The minimum absolute atomic E-state index is 0.0416. The largest absolute Gasteiger partial charge is 0.497 e. The Labute approximate surface area is 205 Å². The Kier molecular flexibility index (Phi) is 6.29. The van der Waals surface area contributed by atoms with Crippen LogP contribution < -0.4 is 10.1 Å². The van der Waals surface area contributed by atoms with Crippen LogP contribution in [0.4, 0.5) is 0 Å². The normalized spacial score (nSPS) is 12.0. The summed E-state index contributed by atoms with van der Waals surface area (Å²) in [6.07, 6.45) is 2.02. The van der Waals surface area contributed by atoms with Gasteiger partial charge in [0.2, 0.25) is 5.91 Å². The Morgan fingerprint density at radius 1 is 1.18 bits per heavy atom. The standard InChI is InChI=1S/C25H23N5O2S2/c1-32-17-10-8-16(9-11-17)19(20-14-26-21-6-3-2-5-18(20)21)13-27-23(31)15-30-24(28-29-25(30)33)22-7-4-12-34-22/h2-12,14,19,26H,13,15H2,1H3,(H,27,31)(H,29,33)/t19-/m1/s1. The van der Waals surface area contributed by atoms with Crippen LogP contribution in [0.5, 0.6) is 5.75 Å². The van der Waals surface area contributed by atoms with Crippen LogP contribution in [-0.4, -0.2) is 39.3 Å². The molecule has 172 valence electrons. The van der Waals surface area contributed by atoms with Gasteiger partial charge in [-0.2, -0.15) is 5.10 Å². The van der Waals surface area contributed by atoms with E-state index < -0.39 is 0 Å². The van der Waals surface area contributed by atoms with E-state index >= 15 is 0 Å². The predicted molar refractivity (Wildman–Crippen MR) is 137 cm³/mol. The highest BCUT2D eigenvalue weighted by Crippen LogP contribution is 2.31. The lowest BCUT2D eigenvalue weighted by molar-refractivity contribution is -0.121. The maximum absolute atomic E-state index is 13.0. The molecule has 0 aliphatic rings. The second-order valence-corrected chi connectivity index (χ2v) is 9.17. The SMILES string of the molecule is COc1ccc([C@@H](CNC(=O)Cn2c(-c3cccs3)n[nH]c2=S)c2c[nH]c3ccccc23)cc1. The second kappa shape index (κ2) is 9.66. The smallest absolute Gasteiger partial charge is 0.240 e. The summed E-state index contributed by atoms with van der Waals surface area (Å²) < 4.78 is 7.47. The van der Waals surface area contributed by atoms with E-state index in [4.69, 9.17) is 17.0 Å². The molecule has 3 N–H and O–H groups in total. The van der Waals surface area contributed by atoms with Crippen molar-refractivity contribution in [2.75, 3.05) is 13.7 Å². The van der Waals surface area contributed by atoms with E-state index in [-0.39, 0.29) is 18.4 Å². The van der Waals surface area contributed by atoms with Crippen molar-refractivity contribution in [1.82, 2.24) is 25.1 Å². The number of aromatic amines is 2. The number of amides is 1. The number of thiophene rings is 1. The van der Waals surface area contributed by atoms with Crippen LogP contribution in [0.15, 0.2) is 72.2 Å². The van der Waals surface area contributed by atoms with E-state index in [9.17, 15) is 4.79 Å². The van der Waals surface area contributed by atoms with E-state index in [1.165, 1.54) is 0 Å². The van der Waals surface area contributed by atoms with E-state index in [1.807, 2.05) is 60.1 Å². The number of nitrogens with one attached hydrogen (secondary N) is 3. The Balaban J connectivity index is 1.40. The first kappa shape index (κ1) is 22.1. The maximum Gasteiger partial charge on any atom is 0.240 e. The Morgan fingerprint density at radius 2 is 2.00 bits per heavy atom. The van der Waals surface area contributed by atoms with Crippen LogP contribution in [0.25, 0.3) is 21.6 Å². The fourth-order valence-corrected chi connectivity index (χ4v) is 5.02. The number of fused-ring (bicyclic) bond motifs is 1. The molecule has 0 radical (unpaired) electrons. The van der Waals surface area contributed by atoms with Crippen LogP contribution in [-0.2, 0) is 11.3 Å². The molecule has 0 saturated heterocycles. The molecule has 0 spiro atoms. The molecule has 34 heavy (non-hydrogen) atoms. The number of H-pyrrole nitrogens is 2. The molecule has 9 heteroatoms. The van der Waals surface area contributed by atoms with Crippen molar-refractivity contribution in [3.05, 3.63) is 88.1 Å². The Morgan fingerprint density at radius 3 is 2.76 bits per heavy atom. The fourth-order valence-electron chi connectivity index (χ4n) is 4.10. The molecule has 3 heterocycles. The number of ether oxygens (including phenoxy) is 1. The Bertz CT molecular complexity index is 1470. The van der Waals surface area contributed by atoms with Crippen LogP contribution >= 0.6 is 23.6 Å². The van der Waals surface area contributed by atoms with Gasteiger partial charge in [-0.05, 0) is 53.0 Å². The third-order valence-electron chi connectivity index (χ3n) is 5.82. The van der Waals surface area contributed by atoms with Crippen LogP contribution in [0.2, 0.25) is 0 Å². The highest BCUT2D eigenvalue weighted by atomic mass is 32.1. The van der Waals surface area contributed by atoms with Gasteiger partial charge in [-0.3, -0.25) is 14.5 Å². The maximum atomic E-state index is 13.0. The third kappa shape index (κ3) is 4.40. The van der Waals surface area contributed by atoms with Crippen molar-refractivity contribution in [1.29, 1.82) is 0 Å². The number of benzene rings is 2. The number of hydrogen-bond donors (Lipinski definition) is 3. The number of aromatic nitrogens is 4. The minimum Gasteiger partial charge on any atom is -0.497 e. The average molecular weight is 490 g/mol. The summed E-state index contributed by atoms with van der Waals surface area (Å²) in [5, 5.41) is 13.3. The number of methoxy groups -OCH3 is 1. The summed E-state index contributed by atoms with van der Waals surface area (Å²) >= 11 is 6.93. The summed E-state index contributed by atoms with van der Waals surface area (Å²) in [5.41, 5.74) is 3.28. The van der Waals surface area contributed by atoms with Crippen molar-refractivity contribution in [3.63, 3.8) is 0 Å². The minimum atomic E-state index is -0.131. The molecular weight excluding hydrogens is 466 g/mol. The van der Waals surface area contributed by atoms with Crippen LogP contribution in [0, 0.1) is 4.77 Å². The summed E-state index contributed by atoms with van der Waals surface area (Å²) in [5.74, 6) is 1.29. The van der Waals surface area contributed by atoms with Gasteiger partial charge in [-0.15, -0.1) is 11.3 Å². The molecule has 1 atom stereocenters. The molecule has 0 bridgehead atoms. The number of rotatable bonds is 8. The van der Waals surface area contributed by atoms with Crippen LogP contribution in [0.3, 0.4) is 0 Å². The molecule has 1 amide bonds. The van der Waals surface area contributed by atoms with Gasteiger partial charge in [0.05, 0.1) is 12.0 Å². The third-order valence-corrected chi connectivity index (χ3v) is 7.00. The van der Waals surface area contributed by atoms with Crippen molar-refractivity contribution >= 4 is 40.4 Å². The molecular formula is C25H23N5O2S2. The molecule has 0 saturated carbocycles. The molecule has 0 aliphatic heterocycles. The highest BCUT2D eigenvalue weighted by Gasteiger charge is 2.20. The van der Waals surface area contributed by atoms with E-state index in [0.29, 0.717) is 17.1 Å². The summed E-state index contributed by atoms with van der Waals surface area (Å²) in [7, 11) is 1.65. The van der Waals surface area contributed by atoms with E-state index in [0.717, 1.165) is 32.7 Å². The van der Waals surface area contributed by atoms with Gasteiger partial charge in [0.1, 0.15) is 12.3 Å². The molecule has 7 nitrogen and oxygen atoms in total. The van der Waals surface area contributed by atoms with Gasteiger partial charge in [-0.25, -0.2) is 0 Å². The predicted octanol–water partition coefficient (Wildman–Crippen LogP) is 5.11. The fraction of sp³-hybridized carbons (Fsp3) is 0.160. The zero-order valence-electron chi connectivity index (χ0n) is 18.4. The lowest BCUT2D eigenvalue weighted by Gasteiger charge is -2.19. The van der Waals surface area contributed by atoms with Gasteiger partial charge in [0, 0.05) is 29.6 Å². The first-order chi connectivity index (χ1) is 16.6. The zero-order valence-corrected chi connectivity index (χ0v) is 20.1. The van der Waals surface area contributed by atoms with Crippen molar-refractivity contribution in [3.8, 4) is 16.5 Å². The number of carbonyl (C=O) groups excluding carboxylic acids is 1. The highest BCUT2D eigenvalue weighted by molar-refractivity contribution is 7.71. The summed E-state index contributed by atoms with van der Waals surface area (Å²) in [6, 6.07) is 20.0. The summed E-state index contributed by atoms with van der Waals surface area (Å²) in [4.78, 5) is 17.3. The number of para-hydroxylation sites is 1. The van der Waals surface area contributed by atoms with Crippen molar-refractivity contribution in [2.45, 2.75) is 12.5 Å². The monoisotopic (exact) mass is 489 g/mol. The molecule has 0 fully saturated rings. The average Bonchev–Trinajstić information content (AvgIpc) is 3.61.